The van der Waals surface area contributed by atoms with Crippen molar-refractivity contribution in [2.24, 2.45) is 0 Å². The summed E-state index contributed by atoms with van der Waals surface area (Å²) in [5, 5.41) is 2.97. The van der Waals surface area contributed by atoms with Crippen molar-refractivity contribution >= 4 is 23.1 Å². The fraction of sp³-hybridized carbons (Fsp3) is 0.308. The Bertz CT molecular complexity index is 1050. The largest absolute Gasteiger partial charge is 0.380 e. The number of carbonyl (C=O) groups is 1. The molecule has 2 aromatic carbocycles. The number of ether oxygens (including phenoxy) is 1. The van der Waals surface area contributed by atoms with Crippen LogP contribution in [0.1, 0.15) is 22.3 Å². The number of benzene rings is 2. The Balaban J connectivity index is 1.48. The highest BCUT2D eigenvalue weighted by Crippen LogP contribution is 2.27. The second kappa shape index (κ2) is 9.83. The number of anilines is 3. The van der Waals surface area contributed by atoms with Gasteiger partial charge >= 0.3 is 0 Å². The average molecular weight is 431 g/mol. The molecular formula is C26H30N4O2. The molecule has 1 amide bonds. The van der Waals surface area contributed by atoms with E-state index in [1.54, 1.807) is 6.20 Å². The lowest BCUT2D eigenvalue weighted by atomic mass is 9.97. The van der Waals surface area contributed by atoms with Gasteiger partial charge in [0.1, 0.15) is 5.82 Å². The SMILES string of the molecule is Cc1ccc(C(=O)Nc2ccc(N3CCCOCC3)nc2)cc1-c1ccc(N(C)C)cc1. The van der Waals surface area contributed by atoms with E-state index in [1.165, 1.54) is 0 Å². The molecule has 2 heterocycles. The lowest BCUT2D eigenvalue weighted by Gasteiger charge is -2.20. The quantitative estimate of drug-likeness (QED) is 0.641. The number of aryl methyl sites for hydroxylation is 1. The van der Waals surface area contributed by atoms with Crippen LogP contribution in [-0.4, -0.2) is 51.3 Å². The minimum atomic E-state index is -0.145. The molecule has 0 radical (unpaired) electrons. The summed E-state index contributed by atoms with van der Waals surface area (Å²) in [6.45, 7) is 5.34. The Morgan fingerprint density at radius 1 is 1.03 bits per heavy atom. The number of rotatable bonds is 5. The van der Waals surface area contributed by atoms with Gasteiger partial charge in [-0.1, -0.05) is 18.2 Å². The van der Waals surface area contributed by atoms with Crippen LogP contribution in [0.2, 0.25) is 0 Å². The molecule has 1 N–H and O–H groups in total. The summed E-state index contributed by atoms with van der Waals surface area (Å²) < 4.78 is 5.51. The maximum atomic E-state index is 12.9. The molecule has 1 saturated heterocycles. The molecule has 6 nitrogen and oxygen atoms in total. The van der Waals surface area contributed by atoms with Crippen LogP contribution in [0.15, 0.2) is 60.8 Å². The van der Waals surface area contributed by atoms with Gasteiger partial charge in [0.15, 0.2) is 0 Å². The third-order valence-electron chi connectivity index (χ3n) is 5.75. The standard InChI is InChI=1S/C26H30N4O2/c1-19-5-6-21(17-24(19)20-7-10-23(11-8-20)29(2)3)26(31)28-22-9-12-25(27-18-22)30-13-4-15-32-16-14-30/h5-12,17-18H,4,13-16H2,1-3H3,(H,28,31). The van der Waals surface area contributed by atoms with E-state index in [0.29, 0.717) is 17.9 Å². The maximum Gasteiger partial charge on any atom is 0.255 e. The van der Waals surface area contributed by atoms with Crippen LogP contribution >= 0.6 is 0 Å². The molecule has 0 aliphatic carbocycles. The molecule has 1 aliphatic heterocycles. The number of pyridine rings is 1. The van der Waals surface area contributed by atoms with E-state index in [4.69, 9.17) is 4.74 Å². The Kier molecular flexibility index (Phi) is 6.71. The summed E-state index contributed by atoms with van der Waals surface area (Å²) in [4.78, 5) is 21.7. The van der Waals surface area contributed by atoms with Crippen molar-refractivity contribution < 1.29 is 9.53 Å². The van der Waals surface area contributed by atoms with Gasteiger partial charge in [-0.05, 0) is 66.4 Å². The molecule has 1 aromatic heterocycles. The number of hydrogen-bond donors (Lipinski definition) is 1. The van der Waals surface area contributed by atoms with Crippen LogP contribution in [0.3, 0.4) is 0 Å². The van der Waals surface area contributed by atoms with Crippen LogP contribution in [0.5, 0.6) is 0 Å². The second-order valence-electron chi connectivity index (χ2n) is 8.28. The summed E-state index contributed by atoms with van der Waals surface area (Å²) in [6.07, 6.45) is 2.71. The first-order chi connectivity index (χ1) is 15.5. The molecule has 3 aromatic rings. The normalized spacial score (nSPS) is 14.0. The van der Waals surface area contributed by atoms with Crippen molar-refractivity contribution in [3.8, 4) is 11.1 Å². The number of amides is 1. The lowest BCUT2D eigenvalue weighted by Crippen LogP contribution is -2.26. The van der Waals surface area contributed by atoms with Crippen LogP contribution < -0.4 is 15.1 Å². The van der Waals surface area contributed by atoms with Gasteiger partial charge in [-0.15, -0.1) is 0 Å². The first-order valence-corrected chi connectivity index (χ1v) is 11.0. The smallest absolute Gasteiger partial charge is 0.255 e. The molecule has 1 fully saturated rings. The molecule has 0 spiro atoms. The topological polar surface area (TPSA) is 57.7 Å². The highest BCUT2D eigenvalue weighted by Gasteiger charge is 2.13. The van der Waals surface area contributed by atoms with E-state index < -0.39 is 0 Å². The Hall–Kier alpha value is -3.38. The second-order valence-corrected chi connectivity index (χ2v) is 8.28. The maximum absolute atomic E-state index is 12.9. The zero-order chi connectivity index (χ0) is 22.5. The zero-order valence-electron chi connectivity index (χ0n) is 19.0. The highest BCUT2D eigenvalue weighted by molar-refractivity contribution is 6.05. The molecule has 32 heavy (non-hydrogen) atoms. The summed E-state index contributed by atoms with van der Waals surface area (Å²) in [6, 6.07) is 18.0. The molecule has 6 heteroatoms. The summed E-state index contributed by atoms with van der Waals surface area (Å²) in [5.41, 5.74) is 5.73. The average Bonchev–Trinajstić information content (AvgIpc) is 3.09. The zero-order valence-corrected chi connectivity index (χ0v) is 19.0. The van der Waals surface area contributed by atoms with E-state index in [0.717, 1.165) is 54.3 Å². The van der Waals surface area contributed by atoms with Gasteiger partial charge in [0, 0.05) is 45.0 Å². The van der Waals surface area contributed by atoms with Gasteiger partial charge in [0.05, 0.1) is 18.5 Å². The fourth-order valence-corrected chi connectivity index (χ4v) is 3.84. The monoisotopic (exact) mass is 430 g/mol. The van der Waals surface area contributed by atoms with E-state index in [1.807, 2.05) is 44.4 Å². The number of nitrogens with one attached hydrogen (secondary N) is 1. The first-order valence-electron chi connectivity index (χ1n) is 11.0. The molecule has 0 atom stereocenters. The third kappa shape index (κ3) is 5.08. The van der Waals surface area contributed by atoms with Crippen LogP contribution in [0, 0.1) is 6.92 Å². The van der Waals surface area contributed by atoms with E-state index in [9.17, 15) is 4.79 Å². The van der Waals surface area contributed by atoms with Gasteiger partial charge in [0.2, 0.25) is 0 Å². The first kappa shape index (κ1) is 21.8. The fourth-order valence-electron chi connectivity index (χ4n) is 3.84. The van der Waals surface area contributed by atoms with Crippen molar-refractivity contribution in [2.75, 3.05) is 55.5 Å². The van der Waals surface area contributed by atoms with E-state index in [2.05, 4.69) is 51.3 Å². The van der Waals surface area contributed by atoms with Gasteiger partial charge < -0.3 is 19.9 Å². The lowest BCUT2D eigenvalue weighted by molar-refractivity contribution is 0.102. The predicted octanol–water partition coefficient (Wildman–Crippen LogP) is 4.60. The number of nitrogens with zero attached hydrogens (tertiary/aromatic N) is 3. The summed E-state index contributed by atoms with van der Waals surface area (Å²) in [5.74, 6) is 0.765. The third-order valence-corrected chi connectivity index (χ3v) is 5.75. The Morgan fingerprint density at radius 3 is 2.56 bits per heavy atom. The summed E-state index contributed by atoms with van der Waals surface area (Å²) >= 11 is 0. The van der Waals surface area contributed by atoms with Gasteiger partial charge in [-0.3, -0.25) is 4.79 Å². The molecular weight excluding hydrogens is 400 g/mol. The molecule has 166 valence electrons. The minimum absolute atomic E-state index is 0.145. The molecule has 4 rings (SSSR count). The van der Waals surface area contributed by atoms with Gasteiger partial charge in [-0.25, -0.2) is 4.98 Å². The van der Waals surface area contributed by atoms with Crippen LogP contribution in [0.25, 0.3) is 11.1 Å². The van der Waals surface area contributed by atoms with Gasteiger partial charge in [0.25, 0.3) is 5.91 Å². The van der Waals surface area contributed by atoms with E-state index >= 15 is 0 Å². The van der Waals surface area contributed by atoms with Crippen molar-refractivity contribution in [3.63, 3.8) is 0 Å². The minimum Gasteiger partial charge on any atom is -0.380 e. The van der Waals surface area contributed by atoms with Crippen molar-refractivity contribution in [1.82, 2.24) is 4.98 Å². The molecule has 1 aliphatic rings. The highest BCUT2D eigenvalue weighted by atomic mass is 16.5. The number of hydrogen-bond acceptors (Lipinski definition) is 5. The predicted molar refractivity (Wildman–Crippen MR) is 131 cm³/mol. The summed E-state index contributed by atoms with van der Waals surface area (Å²) in [7, 11) is 4.05. The van der Waals surface area contributed by atoms with Crippen molar-refractivity contribution in [3.05, 3.63) is 71.9 Å². The number of carbonyl (C=O) groups excluding carboxylic acids is 1. The molecule has 0 unspecified atom stereocenters. The molecule has 0 saturated carbocycles. The Morgan fingerprint density at radius 2 is 1.84 bits per heavy atom. The van der Waals surface area contributed by atoms with Crippen LogP contribution in [-0.2, 0) is 4.74 Å². The van der Waals surface area contributed by atoms with Crippen molar-refractivity contribution in [1.29, 1.82) is 0 Å². The van der Waals surface area contributed by atoms with E-state index in [-0.39, 0.29) is 5.91 Å². The Labute approximate surface area is 189 Å². The van der Waals surface area contributed by atoms with Crippen molar-refractivity contribution in [2.45, 2.75) is 13.3 Å². The van der Waals surface area contributed by atoms with Crippen LogP contribution in [0.4, 0.5) is 17.2 Å². The number of aromatic nitrogens is 1. The molecule has 0 bridgehead atoms. The van der Waals surface area contributed by atoms with Gasteiger partial charge in [-0.2, -0.15) is 0 Å².